The van der Waals surface area contributed by atoms with Gasteiger partial charge in [0.1, 0.15) is 6.61 Å². The average Bonchev–Trinajstić information content (AvgIpc) is 2.70. The van der Waals surface area contributed by atoms with E-state index in [1.54, 1.807) is 14.2 Å². The molecule has 3 rings (SSSR count). The third-order valence-electron chi connectivity index (χ3n) is 4.58. The first-order chi connectivity index (χ1) is 12.8. The number of hydrogen-bond acceptors (Lipinski definition) is 6. The largest absolute Gasteiger partial charge is 0.493 e. The molecule has 2 heterocycles. The summed E-state index contributed by atoms with van der Waals surface area (Å²) in [5.74, 6) is 1.50. The first-order valence-electron chi connectivity index (χ1n) is 8.95. The number of piperazine rings is 1. The Hall–Kier alpha value is -2.15. The van der Waals surface area contributed by atoms with Crippen molar-refractivity contribution in [1.29, 1.82) is 0 Å². The summed E-state index contributed by atoms with van der Waals surface area (Å²) in [5.41, 5.74) is 2.45. The Morgan fingerprint density at radius 1 is 1.19 bits per heavy atom. The first kappa shape index (κ1) is 18.6. The van der Waals surface area contributed by atoms with E-state index in [1.165, 1.54) is 11.1 Å². The fourth-order valence-electron chi connectivity index (χ4n) is 3.24. The Morgan fingerprint density at radius 2 is 2.12 bits per heavy atom. The smallest absolute Gasteiger partial charge is 0.161 e. The lowest BCUT2D eigenvalue weighted by Crippen LogP contribution is -2.45. The van der Waals surface area contributed by atoms with Crippen LogP contribution in [0.3, 0.4) is 0 Å². The van der Waals surface area contributed by atoms with Crippen LogP contribution in [-0.2, 0) is 11.3 Å². The molecule has 140 valence electrons. The Balaban J connectivity index is 1.72. The first-order valence-corrected chi connectivity index (χ1v) is 8.95. The molecule has 1 saturated heterocycles. The molecule has 6 nitrogen and oxygen atoms in total. The molecule has 0 aliphatic carbocycles. The van der Waals surface area contributed by atoms with Crippen molar-refractivity contribution in [2.24, 2.45) is 0 Å². The lowest BCUT2D eigenvalue weighted by Gasteiger charge is -2.36. The van der Waals surface area contributed by atoms with Crippen LogP contribution < -0.4 is 14.8 Å². The molecule has 0 amide bonds. The van der Waals surface area contributed by atoms with E-state index >= 15 is 0 Å². The van der Waals surface area contributed by atoms with Gasteiger partial charge in [-0.05, 0) is 29.3 Å². The summed E-state index contributed by atoms with van der Waals surface area (Å²) < 4.78 is 16.3. The molecule has 1 unspecified atom stereocenters. The Morgan fingerprint density at radius 3 is 2.88 bits per heavy atom. The number of methoxy groups -OCH3 is 2. The zero-order valence-corrected chi connectivity index (χ0v) is 15.5. The Labute approximate surface area is 155 Å². The summed E-state index contributed by atoms with van der Waals surface area (Å²) in [6.07, 6.45) is 3.77. The lowest BCUT2D eigenvalue weighted by molar-refractivity contribution is 0.143. The van der Waals surface area contributed by atoms with E-state index in [0.717, 1.165) is 37.7 Å². The SMILES string of the molecule is COCCOc1ccc(CN2CCNCC2c2cccnc2)cc1OC. The van der Waals surface area contributed by atoms with Gasteiger partial charge in [-0.25, -0.2) is 0 Å². The molecule has 0 spiro atoms. The van der Waals surface area contributed by atoms with Crippen molar-refractivity contribution in [3.8, 4) is 11.5 Å². The van der Waals surface area contributed by atoms with Gasteiger partial charge in [0, 0.05) is 51.7 Å². The highest BCUT2D eigenvalue weighted by atomic mass is 16.5. The molecular formula is C20H27N3O3. The van der Waals surface area contributed by atoms with E-state index in [1.807, 2.05) is 24.5 Å². The van der Waals surface area contributed by atoms with Crippen LogP contribution in [0.1, 0.15) is 17.2 Å². The van der Waals surface area contributed by atoms with Gasteiger partial charge in [-0.3, -0.25) is 9.88 Å². The van der Waals surface area contributed by atoms with Crippen molar-refractivity contribution in [3.05, 3.63) is 53.9 Å². The fourth-order valence-corrected chi connectivity index (χ4v) is 3.24. The standard InChI is InChI=1S/C20H27N3O3/c1-24-10-11-26-19-6-5-16(12-20(19)25-2)15-23-9-8-22-14-18(23)17-4-3-7-21-13-17/h3-7,12-13,18,22H,8-11,14-15H2,1-2H3. The third-order valence-corrected chi connectivity index (χ3v) is 4.58. The number of nitrogens with zero attached hydrogens (tertiary/aromatic N) is 2. The van der Waals surface area contributed by atoms with Crippen molar-refractivity contribution in [3.63, 3.8) is 0 Å². The number of ether oxygens (including phenoxy) is 3. The highest BCUT2D eigenvalue weighted by Gasteiger charge is 2.24. The number of aromatic nitrogens is 1. The monoisotopic (exact) mass is 357 g/mol. The predicted octanol–water partition coefficient (Wildman–Crippen LogP) is 2.26. The third kappa shape index (κ3) is 4.72. The van der Waals surface area contributed by atoms with Gasteiger partial charge in [0.05, 0.1) is 13.7 Å². The van der Waals surface area contributed by atoms with Crippen LogP contribution in [0.4, 0.5) is 0 Å². The summed E-state index contributed by atoms with van der Waals surface area (Å²) in [5, 5.41) is 3.48. The second-order valence-corrected chi connectivity index (χ2v) is 6.30. The molecule has 1 N–H and O–H groups in total. The maximum Gasteiger partial charge on any atom is 0.161 e. The number of rotatable bonds is 8. The van der Waals surface area contributed by atoms with E-state index in [-0.39, 0.29) is 0 Å². The quantitative estimate of drug-likeness (QED) is 0.732. The molecule has 1 aliphatic heterocycles. The minimum absolute atomic E-state index is 0.320. The molecule has 0 saturated carbocycles. The van der Waals surface area contributed by atoms with Gasteiger partial charge in [-0.2, -0.15) is 0 Å². The Bertz CT molecular complexity index is 681. The second kappa shape index (κ2) is 9.52. The second-order valence-electron chi connectivity index (χ2n) is 6.30. The summed E-state index contributed by atoms with van der Waals surface area (Å²) in [4.78, 5) is 6.75. The molecule has 1 aromatic heterocycles. The van der Waals surface area contributed by atoms with Crippen LogP contribution in [-0.4, -0.2) is 57.0 Å². The maximum absolute atomic E-state index is 5.72. The molecule has 0 radical (unpaired) electrons. The topological polar surface area (TPSA) is 55.9 Å². The van der Waals surface area contributed by atoms with Gasteiger partial charge in [0.25, 0.3) is 0 Å². The van der Waals surface area contributed by atoms with Crippen LogP contribution in [0.2, 0.25) is 0 Å². The van der Waals surface area contributed by atoms with Crippen LogP contribution in [0.5, 0.6) is 11.5 Å². The minimum Gasteiger partial charge on any atom is -0.493 e. The summed E-state index contributed by atoms with van der Waals surface area (Å²) in [6.45, 7) is 4.84. The van der Waals surface area contributed by atoms with Crippen molar-refractivity contribution >= 4 is 0 Å². The van der Waals surface area contributed by atoms with Gasteiger partial charge in [-0.1, -0.05) is 12.1 Å². The van der Waals surface area contributed by atoms with Crippen molar-refractivity contribution < 1.29 is 14.2 Å². The fraction of sp³-hybridized carbons (Fsp3) is 0.450. The summed E-state index contributed by atoms with van der Waals surface area (Å²) in [7, 11) is 3.33. The van der Waals surface area contributed by atoms with Crippen LogP contribution in [0.15, 0.2) is 42.7 Å². The van der Waals surface area contributed by atoms with Crippen LogP contribution in [0.25, 0.3) is 0 Å². The normalized spacial score (nSPS) is 17.8. The average molecular weight is 357 g/mol. The minimum atomic E-state index is 0.320. The van der Waals surface area contributed by atoms with Gasteiger partial charge in [-0.15, -0.1) is 0 Å². The molecule has 1 aliphatic rings. The number of nitrogens with one attached hydrogen (secondary N) is 1. The predicted molar refractivity (Wildman–Crippen MR) is 101 cm³/mol. The zero-order valence-electron chi connectivity index (χ0n) is 15.5. The van der Waals surface area contributed by atoms with Crippen LogP contribution in [0, 0.1) is 0 Å². The Kier molecular flexibility index (Phi) is 6.82. The van der Waals surface area contributed by atoms with Crippen LogP contribution >= 0.6 is 0 Å². The van der Waals surface area contributed by atoms with E-state index in [2.05, 4.69) is 33.4 Å². The van der Waals surface area contributed by atoms with Crippen molar-refractivity contribution in [2.45, 2.75) is 12.6 Å². The summed E-state index contributed by atoms with van der Waals surface area (Å²) >= 11 is 0. The van der Waals surface area contributed by atoms with Crippen molar-refractivity contribution in [2.75, 3.05) is 47.1 Å². The van der Waals surface area contributed by atoms with E-state index in [9.17, 15) is 0 Å². The molecule has 2 aromatic rings. The molecule has 1 aromatic carbocycles. The number of benzene rings is 1. The highest BCUT2D eigenvalue weighted by molar-refractivity contribution is 5.43. The van der Waals surface area contributed by atoms with E-state index in [4.69, 9.17) is 14.2 Å². The van der Waals surface area contributed by atoms with Crippen molar-refractivity contribution in [1.82, 2.24) is 15.2 Å². The van der Waals surface area contributed by atoms with Gasteiger partial charge in [0.2, 0.25) is 0 Å². The van der Waals surface area contributed by atoms with E-state index in [0.29, 0.717) is 19.3 Å². The molecule has 1 atom stereocenters. The molecule has 0 bridgehead atoms. The lowest BCUT2D eigenvalue weighted by atomic mass is 10.0. The maximum atomic E-state index is 5.72. The zero-order chi connectivity index (χ0) is 18.2. The highest BCUT2D eigenvalue weighted by Crippen LogP contribution is 2.30. The molecule has 1 fully saturated rings. The molecule has 6 heteroatoms. The molecule has 26 heavy (non-hydrogen) atoms. The number of pyridine rings is 1. The summed E-state index contributed by atoms with van der Waals surface area (Å²) in [6, 6.07) is 10.6. The van der Waals surface area contributed by atoms with Gasteiger partial charge in [0.15, 0.2) is 11.5 Å². The number of hydrogen-bond donors (Lipinski definition) is 1. The molecular weight excluding hydrogens is 330 g/mol. The van der Waals surface area contributed by atoms with Gasteiger partial charge < -0.3 is 19.5 Å². The van der Waals surface area contributed by atoms with Gasteiger partial charge >= 0.3 is 0 Å². The van der Waals surface area contributed by atoms with E-state index < -0.39 is 0 Å².